The van der Waals surface area contributed by atoms with Crippen LogP contribution in [0.15, 0.2) is 53.8 Å². The maximum absolute atomic E-state index is 12.6. The Bertz CT molecular complexity index is 891. The molecule has 7 nitrogen and oxygen atoms in total. The van der Waals surface area contributed by atoms with E-state index in [4.69, 9.17) is 0 Å². The summed E-state index contributed by atoms with van der Waals surface area (Å²) in [7, 11) is 0. The predicted octanol–water partition coefficient (Wildman–Crippen LogP) is 2.48. The average molecular weight is 377 g/mol. The quantitative estimate of drug-likeness (QED) is 0.868. The molecule has 1 aromatic heterocycles. The fraction of sp³-hybridized carbons (Fsp3) is 0.333. The van der Waals surface area contributed by atoms with E-state index in [0.29, 0.717) is 24.4 Å². The third-order valence-electron chi connectivity index (χ3n) is 4.99. The fourth-order valence-corrected chi connectivity index (χ4v) is 3.46. The minimum absolute atomic E-state index is 0.105. The maximum Gasteiger partial charge on any atom is 0.267 e. The van der Waals surface area contributed by atoms with Gasteiger partial charge in [0.15, 0.2) is 0 Å². The molecule has 1 fully saturated rings. The molecule has 0 radical (unpaired) electrons. The Hall–Kier alpha value is -3.22. The molecule has 2 aromatic rings. The fourth-order valence-electron chi connectivity index (χ4n) is 3.46. The standard InChI is InChI=1S/C21H23N5O2/c27-20-9-8-18(24-26(20)17-6-2-1-3-7-17)21(28)23-15-16-10-11-22-19(14-16)25-12-4-5-13-25/h1-3,6-7,10-11,14H,4-5,8-9,12-13,15H2,(H,23,28). The number of hydrogen-bond acceptors (Lipinski definition) is 5. The Morgan fingerprint density at radius 3 is 2.64 bits per heavy atom. The molecule has 0 spiro atoms. The SMILES string of the molecule is O=C(NCc1ccnc(N2CCCC2)c1)C1=NN(c2ccccc2)C(=O)CC1. The molecular formula is C21H23N5O2. The van der Waals surface area contributed by atoms with Crippen LogP contribution in [0.4, 0.5) is 11.5 Å². The molecule has 0 bridgehead atoms. The Balaban J connectivity index is 1.42. The smallest absolute Gasteiger partial charge is 0.267 e. The number of amides is 2. The molecule has 4 rings (SSSR count). The monoisotopic (exact) mass is 377 g/mol. The number of nitrogens with zero attached hydrogens (tertiary/aromatic N) is 4. The highest BCUT2D eigenvalue weighted by Gasteiger charge is 2.25. The molecule has 28 heavy (non-hydrogen) atoms. The average Bonchev–Trinajstić information content (AvgIpc) is 3.28. The first kappa shape index (κ1) is 18.2. The second kappa shape index (κ2) is 8.21. The Morgan fingerprint density at radius 1 is 1.07 bits per heavy atom. The molecule has 0 saturated carbocycles. The van der Waals surface area contributed by atoms with Gasteiger partial charge in [-0.15, -0.1) is 0 Å². The van der Waals surface area contributed by atoms with Crippen molar-refractivity contribution in [2.75, 3.05) is 23.0 Å². The summed E-state index contributed by atoms with van der Waals surface area (Å²) in [4.78, 5) is 31.5. The number of nitrogens with one attached hydrogen (secondary N) is 1. The first-order valence-corrected chi connectivity index (χ1v) is 9.64. The molecule has 0 unspecified atom stereocenters. The molecule has 2 aliphatic heterocycles. The topological polar surface area (TPSA) is 77.9 Å². The molecule has 1 saturated heterocycles. The molecule has 1 N–H and O–H groups in total. The number of anilines is 2. The number of benzene rings is 1. The van der Waals surface area contributed by atoms with Crippen molar-refractivity contribution in [2.24, 2.45) is 5.10 Å². The zero-order valence-corrected chi connectivity index (χ0v) is 15.7. The van der Waals surface area contributed by atoms with Gasteiger partial charge in [0.25, 0.3) is 5.91 Å². The van der Waals surface area contributed by atoms with Crippen LogP contribution in [-0.4, -0.2) is 35.6 Å². The molecule has 0 atom stereocenters. The van der Waals surface area contributed by atoms with Crippen LogP contribution < -0.4 is 15.2 Å². The van der Waals surface area contributed by atoms with Gasteiger partial charge in [0.2, 0.25) is 5.91 Å². The largest absolute Gasteiger partial charge is 0.357 e. The van der Waals surface area contributed by atoms with Gasteiger partial charge in [-0.25, -0.2) is 9.99 Å². The van der Waals surface area contributed by atoms with Crippen molar-refractivity contribution >= 4 is 29.0 Å². The highest BCUT2D eigenvalue weighted by atomic mass is 16.2. The van der Waals surface area contributed by atoms with Gasteiger partial charge >= 0.3 is 0 Å². The van der Waals surface area contributed by atoms with Gasteiger partial charge in [-0.05, 0) is 42.7 Å². The molecule has 7 heteroatoms. The number of carbonyl (C=O) groups is 2. The Kier molecular flexibility index (Phi) is 5.32. The number of rotatable bonds is 5. The van der Waals surface area contributed by atoms with E-state index >= 15 is 0 Å². The summed E-state index contributed by atoms with van der Waals surface area (Å²) in [5.74, 6) is 0.611. The molecule has 3 heterocycles. The molecule has 2 amide bonds. The van der Waals surface area contributed by atoms with E-state index in [2.05, 4.69) is 20.3 Å². The van der Waals surface area contributed by atoms with Gasteiger partial charge in [0.05, 0.1) is 5.69 Å². The zero-order chi connectivity index (χ0) is 19.3. The van der Waals surface area contributed by atoms with Crippen LogP contribution in [0.5, 0.6) is 0 Å². The van der Waals surface area contributed by atoms with Crippen LogP contribution in [0.1, 0.15) is 31.2 Å². The maximum atomic E-state index is 12.6. The first-order chi connectivity index (χ1) is 13.7. The van der Waals surface area contributed by atoms with Gasteiger partial charge in [-0.2, -0.15) is 5.10 Å². The van der Waals surface area contributed by atoms with E-state index in [1.54, 1.807) is 18.3 Å². The number of para-hydroxylation sites is 1. The third kappa shape index (κ3) is 4.03. The van der Waals surface area contributed by atoms with Gasteiger partial charge < -0.3 is 10.2 Å². The minimum atomic E-state index is -0.243. The van der Waals surface area contributed by atoms with Gasteiger partial charge in [0.1, 0.15) is 11.5 Å². The second-order valence-corrected chi connectivity index (χ2v) is 6.99. The van der Waals surface area contributed by atoms with Crippen LogP contribution in [0, 0.1) is 0 Å². The zero-order valence-electron chi connectivity index (χ0n) is 15.7. The number of carbonyl (C=O) groups excluding carboxylic acids is 2. The summed E-state index contributed by atoms with van der Waals surface area (Å²) in [6.07, 6.45) is 4.79. The minimum Gasteiger partial charge on any atom is -0.357 e. The van der Waals surface area contributed by atoms with Gasteiger partial charge in [-0.1, -0.05) is 18.2 Å². The highest BCUT2D eigenvalue weighted by molar-refractivity contribution is 6.40. The van der Waals surface area contributed by atoms with E-state index in [-0.39, 0.29) is 18.2 Å². The molecule has 1 aromatic carbocycles. The second-order valence-electron chi connectivity index (χ2n) is 6.99. The van der Waals surface area contributed by atoms with Crippen molar-refractivity contribution in [2.45, 2.75) is 32.2 Å². The number of hydrogen-bond donors (Lipinski definition) is 1. The van der Waals surface area contributed by atoms with E-state index < -0.39 is 0 Å². The Morgan fingerprint density at radius 2 is 1.86 bits per heavy atom. The lowest BCUT2D eigenvalue weighted by molar-refractivity contribution is -0.119. The van der Waals surface area contributed by atoms with Gasteiger partial charge in [0, 0.05) is 38.7 Å². The Labute approximate surface area is 164 Å². The van der Waals surface area contributed by atoms with Crippen molar-refractivity contribution in [1.82, 2.24) is 10.3 Å². The van der Waals surface area contributed by atoms with E-state index in [1.165, 1.54) is 17.9 Å². The third-order valence-corrected chi connectivity index (χ3v) is 4.99. The van der Waals surface area contributed by atoms with E-state index in [1.807, 2.05) is 30.3 Å². The van der Waals surface area contributed by atoms with Crippen LogP contribution >= 0.6 is 0 Å². The summed E-state index contributed by atoms with van der Waals surface area (Å²) in [6.45, 7) is 2.46. The summed E-state index contributed by atoms with van der Waals surface area (Å²) in [6, 6.07) is 13.1. The number of hydrazone groups is 1. The van der Waals surface area contributed by atoms with Crippen LogP contribution in [-0.2, 0) is 16.1 Å². The molecule has 0 aliphatic carbocycles. The lowest BCUT2D eigenvalue weighted by Crippen LogP contribution is -2.38. The van der Waals surface area contributed by atoms with Crippen LogP contribution in [0.2, 0.25) is 0 Å². The van der Waals surface area contributed by atoms with Crippen molar-refractivity contribution in [3.8, 4) is 0 Å². The number of aromatic nitrogens is 1. The normalized spacial score (nSPS) is 16.9. The van der Waals surface area contributed by atoms with E-state index in [9.17, 15) is 9.59 Å². The molecule has 2 aliphatic rings. The summed E-state index contributed by atoms with van der Waals surface area (Å²) in [5, 5.41) is 8.53. The summed E-state index contributed by atoms with van der Waals surface area (Å²) in [5.41, 5.74) is 2.04. The molecule has 144 valence electrons. The van der Waals surface area contributed by atoms with Crippen molar-refractivity contribution in [3.05, 3.63) is 54.2 Å². The lowest BCUT2D eigenvalue weighted by atomic mass is 10.1. The lowest BCUT2D eigenvalue weighted by Gasteiger charge is -2.23. The van der Waals surface area contributed by atoms with Crippen LogP contribution in [0.3, 0.4) is 0 Å². The van der Waals surface area contributed by atoms with Gasteiger partial charge in [-0.3, -0.25) is 9.59 Å². The van der Waals surface area contributed by atoms with Crippen molar-refractivity contribution in [3.63, 3.8) is 0 Å². The van der Waals surface area contributed by atoms with Crippen LogP contribution in [0.25, 0.3) is 0 Å². The van der Waals surface area contributed by atoms with E-state index in [0.717, 1.165) is 24.5 Å². The number of pyridine rings is 1. The van der Waals surface area contributed by atoms with Crippen molar-refractivity contribution in [1.29, 1.82) is 0 Å². The van der Waals surface area contributed by atoms with Crippen molar-refractivity contribution < 1.29 is 9.59 Å². The highest BCUT2D eigenvalue weighted by Crippen LogP contribution is 2.20. The molecular weight excluding hydrogens is 354 g/mol. The predicted molar refractivity (Wildman–Crippen MR) is 108 cm³/mol. The summed E-state index contributed by atoms with van der Waals surface area (Å²) < 4.78 is 0. The summed E-state index contributed by atoms with van der Waals surface area (Å²) >= 11 is 0. The first-order valence-electron chi connectivity index (χ1n) is 9.64.